The Balaban J connectivity index is 2.43. The van der Waals surface area contributed by atoms with Crippen molar-refractivity contribution >= 4 is 22.9 Å². The Labute approximate surface area is 97.2 Å². The smallest absolute Gasteiger partial charge is 0.171 e. The number of thiazole rings is 1. The lowest BCUT2D eigenvalue weighted by atomic mass is 10.2. The van der Waals surface area contributed by atoms with Crippen LogP contribution in [0.15, 0.2) is 17.9 Å². The Morgan fingerprint density at radius 3 is 2.87 bits per heavy atom. The molecule has 0 bridgehead atoms. The number of aromatic nitrogens is 3. The van der Waals surface area contributed by atoms with Gasteiger partial charge in [-0.25, -0.2) is 9.97 Å². The normalized spacial score (nSPS) is 10.5. The summed E-state index contributed by atoms with van der Waals surface area (Å²) in [6.45, 7) is 2.06. The molecule has 0 N–H and O–H groups in total. The molecule has 15 heavy (non-hydrogen) atoms. The summed E-state index contributed by atoms with van der Waals surface area (Å²) < 4.78 is 0. The lowest BCUT2D eigenvalue weighted by Crippen LogP contribution is -1.98. The quantitative estimate of drug-likeness (QED) is 0.773. The average Bonchev–Trinajstić information content (AvgIpc) is 2.81. The van der Waals surface area contributed by atoms with E-state index >= 15 is 0 Å². The number of hydrogen-bond acceptors (Lipinski definition) is 4. The summed E-state index contributed by atoms with van der Waals surface area (Å²) in [7, 11) is 0. The van der Waals surface area contributed by atoms with Crippen molar-refractivity contribution in [3.05, 3.63) is 29.2 Å². The highest BCUT2D eigenvalue weighted by molar-refractivity contribution is 7.13. The second-order valence-corrected chi connectivity index (χ2v) is 4.17. The van der Waals surface area contributed by atoms with Crippen LogP contribution in [0.4, 0.5) is 0 Å². The molecule has 0 aliphatic heterocycles. The maximum Gasteiger partial charge on any atom is 0.171 e. The first-order chi connectivity index (χ1) is 7.35. The first-order valence-electron chi connectivity index (χ1n) is 4.64. The van der Waals surface area contributed by atoms with Gasteiger partial charge in [0.05, 0.1) is 16.3 Å². The van der Waals surface area contributed by atoms with Gasteiger partial charge in [-0.3, -0.25) is 4.98 Å². The maximum atomic E-state index is 5.80. The van der Waals surface area contributed by atoms with E-state index in [2.05, 4.69) is 21.9 Å². The van der Waals surface area contributed by atoms with Gasteiger partial charge in [0, 0.05) is 23.7 Å². The summed E-state index contributed by atoms with van der Waals surface area (Å²) in [4.78, 5) is 13.8. The van der Waals surface area contributed by atoms with Crippen molar-refractivity contribution in [2.75, 3.05) is 0 Å². The predicted molar refractivity (Wildman–Crippen MR) is 62.1 cm³/mol. The van der Waals surface area contributed by atoms with Crippen molar-refractivity contribution in [1.82, 2.24) is 15.0 Å². The van der Waals surface area contributed by atoms with Crippen molar-refractivity contribution in [1.29, 1.82) is 0 Å². The van der Waals surface area contributed by atoms with Crippen LogP contribution in [0.5, 0.6) is 0 Å². The number of hydrogen-bond donors (Lipinski definition) is 0. The van der Waals surface area contributed by atoms with Crippen LogP contribution in [0.2, 0.25) is 0 Å². The van der Waals surface area contributed by atoms with Crippen molar-refractivity contribution in [3.63, 3.8) is 0 Å². The molecule has 0 aromatic carbocycles. The van der Waals surface area contributed by atoms with E-state index in [0.29, 0.717) is 5.88 Å². The van der Waals surface area contributed by atoms with Crippen LogP contribution in [0.25, 0.3) is 10.7 Å². The van der Waals surface area contributed by atoms with Gasteiger partial charge in [0.1, 0.15) is 0 Å². The summed E-state index contributed by atoms with van der Waals surface area (Å²) in [5, 5.41) is 0. The zero-order chi connectivity index (χ0) is 10.7. The van der Waals surface area contributed by atoms with Gasteiger partial charge in [-0.05, 0) is 6.42 Å². The summed E-state index contributed by atoms with van der Waals surface area (Å²) in [5.74, 6) is 1.20. The van der Waals surface area contributed by atoms with Gasteiger partial charge in [-0.1, -0.05) is 6.92 Å². The molecule has 0 unspecified atom stereocenters. The van der Waals surface area contributed by atoms with Crippen LogP contribution in [0.1, 0.15) is 18.2 Å². The molecule has 2 rings (SSSR count). The highest BCUT2D eigenvalue weighted by atomic mass is 35.5. The molecule has 78 valence electrons. The van der Waals surface area contributed by atoms with Crippen LogP contribution in [0.3, 0.4) is 0 Å². The van der Waals surface area contributed by atoms with Crippen LogP contribution in [-0.2, 0) is 12.3 Å². The Hall–Kier alpha value is -1.00. The van der Waals surface area contributed by atoms with Crippen molar-refractivity contribution in [3.8, 4) is 10.7 Å². The molecule has 0 spiro atoms. The second-order valence-electron chi connectivity index (χ2n) is 3.02. The molecule has 0 fully saturated rings. The number of aryl methyl sites for hydroxylation is 1. The fraction of sp³-hybridized carbons (Fsp3) is 0.300. The van der Waals surface area contributed by atoms with Gasteiger partial charge in [0.2, 0.25) is 0 Å². The molecular formula is C10H10ClN3S. The minimum absolute atomic E-state index is 0.464. The predicted octanol–water partition coefficient (Wildman–Crippen LogP) is 2.90. The minimum Gasteiger partial charge on any atom is -0.252 e. The van der Waals surface area contributed by atoms with E-state index in [9.17, 15) is 0 Å². The Bertz CT molecular complexity index is 442. The van der Waals surface area contributed by atoms with E-state index in [1.807, 2.05) is 0 Å². The molecular weight excluding hydrogens is 230 g/mol. The number of alkyl halides is 1. The zero-order valence-corrected chi connectivity index (χ0v) is 9.85. The molecule has 0 aliphatic carbocycles. The molecule has 2 aromatic heterocycles. The molecule has 0 saturated heterocycles. The SMILES string of the molecule is CCc1nc(-c2cncs2)ncc1CCl. The van der Waals surface area contributed by atoms with Crippen molar-refractivity contribution in [2.24, 2.45) is 0 Å². The summed E-state index contributed by atoms with van der Waals surface area (Å²) >= 11 is 7.34. The lowest BCUT2D eigenvalue weighted by molar-refractivity contribution is 0.971. The summed E-state index contributed by atoms with van der Waals surface area (Å²) in [6, 6.07) is 0. The molecule has 0 atom stereocenters. The maximum absolute atomic E-state index is 5.80. The minimum atomic E-state index is 0.464. The van der Waals surface area contributed by atoms with E-state index in [-0.39, 0.29) is 0 Å². The van der Waals surface area contributed by atoms with Gasteiger partial charge in [0.25, 0.3) is 0 Å². The molecule has 2 aromatic rings. The van der Waals surface area contributed by atoms with Gasteiger partial charge >= 0.3 is 0 Å². The average molecular weight is 240 g/mol. The van der Waals surface area contributed by atoms with Crippen LogP contribution >= 0.6 is 22.9 Å². The molecule has 0 radical (unpaired) electrons. The van der Waals surface area contributed by atoms with Gasteiger partial charge in [-0.2, -0.15) is 0 Å². The highest BCUT2D eigenvalue weighted by Crippen LogP contribution is 2.20. The molecule has 5 heteroatoms. The summed E-state index contributed by atoms with van der Waals surface area (Å²) in [6.07, 6.45) is 4.45. The van der Waals surface area contributed by atoms with E-state index in [1.54, 1.807) is 17.9 Å². The first kappa shape index (κ1) is 10.5. The molecule has 0 aliphatic rings. The van der Waals surface area contributed by atoms with Gasteiger partial charge in [0.15, 0.2) is 5.82 Å². The zero-order valence-electron chi connectivity index (χ0n) is 8.27. The largest absolute Gasteiger partial charge is 0.252 e. The van der Waals surface area contributed by atoms with E-state index < -0.39 is 0 Å². The fourth-order valence-corrected chi connectivity index (χ4v) is 2.09. The molecule has 0 saturated carbocycles. The van der Waals surface area contributed by atoms with Crippen LogP contribution in [-0.4, -0.2) is 15.0 Å². The molecule has 2 heterocycles. The second kappa shape index (κ2) is 4.68. The Morgan fingerprint density at radius 2 is 2.27 bits per heavy atom. The van der Waals surface area contributed by atoms with Crippen LogP contribution < -0.4 is 0 Å². The third kappa shape index (κ3) is 2.16. The first-order valence-corrected chi connectivity index (χ1v) is 6.06. The highest BCUT2D eigenvalue weighted by Gasteiger charge is 2.07. The van der Waals surface area contributed by atoms with E-state index in [4.69, 9.17) is 11.6 Å². The number of rotatable bonds is 3. The standard InChI is InChI=1S/C10H10ClN3S/c1-2-8-7(3-11)4-13-10(14-8)9-5-12-6-15-9/h4-6H,2-3H2,1H3. The molecule has 0 amide bonds. The van der Waals surface area contributed by atoms with Gasteiger partial charge < -0.3 is 0 Å². The third-order valence-electron chi connectivity index (χ3n) is 2.09. The monoisotopic (exact) mass is 239 g/mol. The summed E-state index contributed by atoms with van der Waals surface area (Å²) in [5.41, 5.74) is 3.80. The van der Waals surface area contributed by atoms with Crippen molar-refractivity contribution in [2.45, 2.75) is 19.2 Å². The van der Waals surface area contributed by atoms with E-state index in [1.165, 1.54) is 11.3 Å². The molecule has 3 nitrogen and oxygen atoms in total. The topological polar surface area (TPSA) is 38.7 Å². The Kier molecular flexibility index (Phi) is 3.28. The fourth-order valence-electron chi connectivity index (χ4n) is 1.30. The van der Waals surface area contributed by atoms with Gasteiger partial charge in [-0.15, -0.1) is 22.9 Å². The van der Waals surface area contributed by atoms with Crippen molar-refractivity contribution < 1.29 is 0 Å². The number of halogens is 1. The Morgan fingerprint density at radius 1 is 1.40 bits per heavy atom. The lowest BCUT2D eigenvalue weighted by Gasteiger charge is -2.04. The van der Waals surface area contributed by atoms with Crippen LogP contribution in [0, 0.1) is 0 Å². The number of nitrogens with zero attached hydrogens (tertiary/aromatic N) is 3. The van der Waals surface area contributed by atoms with E-state index in [0.717, 1.165) is 28.4 Å². The third-order valence-corrected chi connectivity index (χ3v) is 3.14.